The van der Waals surface area contributed by atoms with Gasteiger partial charge >= 0.3 is 6.09 Å². The van der Waals surface area contributed by atoms with Crippen LogP contribution < -0.4 is 20.0 Å². The maximum Gasteiger partial charge on any atom is 0.410 e. The molecule has 0 bridgehead atoms. The lowest BCUT2D eigenvalue weighted by atomic mass is 9.93. The number of hydrogen-bond acceptors (Lipinski definition) is 16. The van der Waals surface area contributed by atoms with Crippen molar-refractivity contribution in [1.29, 1.82) is 0 Å². The van der Waals surface area contributed by atoms with Gasteiger partial charge in [0, 0.05) is 90.2 Å². The summed E-state index contributed by atoms with van der Waals surface area (Å²) in [6.45, 7) is 12.4. The number of aliphatic hydroxyl groups excluding tert-OH is 1. The molecule has 15 rings (SSSR count). The van der Waals surface area contributed by atoms with Crippen molar-refractivity contribution in [3.63, 3.8) is 0 Å². The minimum absolute atomic E-state index is 0. The highest BCUT2D eigenvalue weighted by atomic mass is 35.5. The molecular weight excluding hydrogens is 1120 g/mol. The first kappa shape index (κ1) is 59.1. The minimum Gasteiger partial charge on any atom is -0.445 e. The number of nitrogens with zero attached hydrogens (tertiary/aromatic N) is 13. The third-order valence-electron chi connectivity index (χ3n) is 19.6. The Hall–Kier alpha value is -7.66. The predicted octanol–water partition coefficient (Wildman–Crippen LogP) is 8.23. The van der Waals surface area contributed by atoms with Gasteiger partial charge in [0.15, 0.2) is 0 Å². The van der Waals surface area contributed by atoms with Crippen LogP contribution >= 0.6 is 24.0 Å². The summed E-state index contributed by atoms with van der Waals surface area (Å²) in [5.74, 6) is 8.15. The first-order valence-electron chi connectivity index (χ1n) is 29.4. The van der Waals surface area contributed by atoms with Gasteiger partial charge in [0.1, 0.15) is 83.7 Å². The van der Waals surface area contributed by atoms with Gasteiger partial charge in [-0.1, -0.05) is 62.7 Å². The Balaban J connectivity index is 0.000000124. The van der Waals surface area contributed by atoms with Crippen LogP contribution in [0.5, 0.6) is 0 Å². The van der Waals surface area contributed by atoms with Crippen molar-refractivity contribution >= 4 is 97.6 Å². The summed E-state index contributed by atoms with van der Waals surface area (Å²) < 4.78 is 5.55. The Morgan fingerprint density at radius 1 is 0.553 bits per heavy atom. The van der Waals surface area contributed by atoms with E-state index in [-0.39, 0.29) is 31.0 Å². The van der Waals surface area contributed by atoms with Crippen molar-refractivity contribution in [2.75, 3.05) is 81.7 Å². The quantitative estimate of drug-likeness (QED) is 0.0744. The normalized spacial score (nSPS) is 26.2. The Kier molecular flexibility index (Phi) is 17.7. The molecule has 24 heteroatoms. The molecule has 0 spiro atoms. The number of aliphatic hydroxyl groups is 1. The topological polar surface area (TPSA) is 258 Å². The van der Waals surface area contributed by atoms with Crippen LogP contribution in [0.2, 0.25) is 5.15 Å². The standard InChI is InChI=1S/C23H27N5O2.C17H23N5O2.C15H21N5.C6H4ClN3.ClH/c1-15-19-12-28(23(29)30-13-16-6-4-3-5-7-16)11-17(19)10-20(15)27(2)22-18-8-9-24-21(18)25-14-26-22;1-10-13-7-22(15(24)8-23)6-11(13)5-14(10)21(2)17-12-3-4-18-16(12)19-9-20-17;1-9-12-7-16-6-10(12)5-13(9)20(2)15-11-3-4-17-14(11)18-8-19-15;7-5-4-1-2-8-6(4)10-3-9-5;/h3-9,14-15,17,19-20H,10-13H2,1-2H3,(H,24,25,26);3-4,9-11,13-14,23H,5-8H2,1-2H3,(H,18,19,20);3-4,8-10,12-13,16H,5-7H2,1-2H3,(H,17,18,19);1-3H,(H,8,9,10);1H/t15-,17-,19-,20+;10-,11-,13-,14+;9-,10-,12-,13+;;/m111../s1. The van der Waals surface area contributed by atoms with Gasteiger partial charge in [-0.25, -0.2) is 44.7 Å². The Morgan fingerprint density at radius 3 is 1.44 bits per heavy atom. The largest absolute Gasteiger partial charge is 0.445 e. The average Bonchev–Trinajstić information content (AvgIpc) is 2.44. The average molecular weight is 1200 g/mol. The second-order valence-electron chi connectivity index (χ2n) is 23.9. The van der Waals surface area contributed by atoms with E-state index >= 15 is 0 Å². The molecule has 22 nitrogen and oxygen atoms in total. The van der Waals surface area contributed by atoms with E-state index in [1.807, 2.05) is 76.9 Å². The number of nitrogens with one attached hydrogen (secondary N) is 5. The monoisotopic (exact) mass is 1190 g/mol. The summed E-state index contributed by atoms with van der Waals surface area (Å²) in [5.41, 5.74) is 4.44. The van der Waals surface area contributed by atoms with E-state index in [9.17, 15) is 9.59 Å². The fourth-order valence-corrected chi connectivity index (χ4v) is 15.3. The molecule has 3 aliphatic carbocycles. The highest BCUT2D eigenvalue weighted by Crippen LogP contribution is 2.47. The number of anilines is 3. The Labute approximate surface area is 504 Å². The van der Waals surface area contributed by atoms with E-state index in [4.69, 9.17) is 21.4 Å². The molecule has 6 aliphatic rings. The zero-order valence-electron chi connectivity index (χ0n) is 48.8. The fraction of sp³-hybridized carbons (Fsp3) is 0.475. The lowest BCUT2D eigenvalue weighted by molar-refractivity contribution is -0.133. The number of amides is 2. The van der Waals surface area contributed by atoms with Crippen molar-refractivity contribution in [3.05, 3.63) is 115 Å². The predicted molar refractivity (Wildman–Crippen MR) is 331 cm³/mol. The summed E-state index contributed by atoms with van der Waals surface area (Å²) in [5, 5.41) is 17.2. The van der Waals surface area contributed by atoms with E-state index < -0.39 is 0 Å². The van der Waals surface area contributed by atoms with Crippen molar-refractivity contribution in [3.8, 4) is 0 Å². The number of rotatable bonds is 9. The molecule has 3 aliphatic heterocycles. The lowest BCUT2D eigenvalue weighted by Crippen LogP contribution is -2.39. The maximum atomic E-state index is 12.6. The van der Waals surface area contributed by atoms with E-state index in [1.54, 1.807) is 25.2 Å². The van der Waals surface area contributed by atoms with Crippen molar-refractivity contribution in [2.45, 2.75) is 64.8 Å². The number of aromatic amines is 4. The summed E-state index contributed by atoms with van der Waals surface area (Å²) in [6, 6.07) is 19.2. The second-order valence-corrected chi connectivity index (χ2v) is 24.2. The van der Waals surface area contributed by atoms with Crippen molar-refractivity contribution < 1.29 is 19.4 Å². The number of carbonyl (C=O) groups excluding carboxylic acids is 2. The van der Waals surface area contributed by atoms with E-state index in [2.05, 4.69) is 128 Å². The van der Waals surface area contributed by atoms with Gasteiger partial charge in [-0.2, -0.15) is 0 Å². The Bertz CT molecular complexity index is 3710. The number of hydrogen-bond donors (Lipinski definition) is 6. The molecule has 448 valence electrons. The number of aromatic nitrogens is 12. The van der Waals surface area contributed by atoms with Crippen LogP contribution in [0.25, 0.3) is 44.1 Å². The molecule has 11 heterocycles. The number of carbonyl (C=O) groups is 2. The van der Waals surface area contributed by atoms with Crippen LogP contribution in [0, 0.1) is 53.3 Å². The molecule has 8 aromatic heterocycles. The minimum atomic E-state index is -0.385. The smallest absolute Gasteiger partial charge is 0.410 e. The van der Waals surface area contributed by atoms with Crippen LogP contribution in [0.1, 0.15) is 45.6 Å². The van der Waals surface area contributed by atoms with Gasteiger partial charge in [-0.15, -0.1) is 12.4 Å². The van der Waals surface area contributed by atoms with Crippen LogP contribution in [0.15, 0.2) is 105 Å². The third-order valence-corrected chi connectivity index (χ3v) is 19.9. The summed E-state index contributed by atoms with van der Waals surface area (Å²) >= 11 is 5.73. The van der Waals surface area contributed by atoms with Gasteiger partial charge in [0.25, 0.3) is 0 Å². The van der Waals surface area contributed by atoms with Crippen LogP contribution in [-0.2, 0) is 16.1 Å². The molecule has 3 saturated carbocycles. The molecule has 3 saturated heterocycles. The second kappa shape index (κ2) is 25.5. The van der Waals surface area contributed by atoms with Gasteiger partial charge in [0.05, 0.1) is 21.5 Å². The summed E-state index contributed by atoms with van der Waals surface area (Å²) in [4.78, 5) is 81.6. The number of benzene rings is 1. The van der Waals surface area contributed by atoms with Crippen molar-refractivity contribution in [1.82, 2.24) is 74.9 Å². The first-order valence-corrected chi connectivity index (χ1v) is 29.7. The highest BCUT2D eigenvalue weighted by molar-refractivity contribution is 6.33. The molecule has 9 aromatic rings. The molecule has 6 N–H and O–H groups in total. The number of halogens is 2. The van der Waals surface area contributed by atoms with Gasteiger partial charge < -0.3 is 59.6 Å². The van der Waals surface area contributed by atoms with Gasteiger partial charge in [-0.3, -0.25) is 4.79 Å². The zero-order chi connectivity index (χ0) is 58.2. The number of likely N-dealkylation sites (tertiary alicyclic amines) is 2. The Morgan fingerprint density at radius 2 is 0.976 bits per heavy atom. The summed E-state index contributed by atoms with van der Waals surface area (Å²) in [7, 11) is 6.42. The zero-order valence-corrected chi connectivity index (χ0v) is 50.4. The maximum absolute atomic E-state index is 12.6. The molecule has 1 aromatic carbocycles. The van der Waals surface area contributed by atoms with E-state index in [0.29, 0.717) is 71.3 Å². The molecule has 6 fully saturated rings. The molecule has 0 unspecified atom stereocenters. The van der Waals surface area contributed by atoms with Crippen LogP contribution in [-0.4, -0.2) is 172 Å². The molecule has 2 amide bonds. The van der Waals surface area contributed by atoms with E-state index in [0.717, 1.165) is 118 Å². The number of H-pyrrole nitrogens is 4. The fourth-order valence-electron chi connectivity index (χ4n) is 15.1. The molecule has 12 atom stereocenters. The lowest BCUT2D eigenvalue weighted by Gasteiger charge is -2.31. The van der Waals surface area contributed by atoms with Gasteiger partial charge in [0.2, 0.25) is 5.91 Å². The highest BCUT2D eigenvalue weighted by Gasteiger charge is 2.50. The first-order chi connectivity index (χ1) is 40.8. The molecule has 0 radical (unpaired) electrons. The number of ether oxygens (including phenoxy) is 1. The molecule has 85 heavy (non-hydrogen) atoms. The van der Waals surface area contributed by atoms with E-state index in [1.165, 1.54) is 25.8 Å². The number of fused-ring (bicyclic) bond motifs is 7. The van der Waals surface area contributed by atoms with Crippen LogP contribution in [0.3, 0.4) is 0 Å². The van der Waals surface area contributed by atoms with Crippen molar-refractivity contribution in [2.24, 2.45) is 53.3 Å². The van der Waals surface area contributed by atoms with Gasteiger partial charge in [-0.05, 0) is 115 Å². The third kappa shape index (κ3) is 11.8. The molecular formula is C61H76Cl2N18O4. The van der Waals surface area contributed by atoms with Crippen LogP contribution in [0.4, 0.5) is 22.2 Å². The SMILES string of the molecule is C[C@@H]1[C@H]2CN(C(=O)CO)C[C@H]2C[C@@H]1N(C)c1ncnc2[nH]ccc12.C[C@@H]1[C@H]2CN(C(=O)OCc3ccccc3)C[C@H]2C[C@@H]1N(C)c1ncnc2[nH]ccc12.C[C@@H]1[C@H]2CNC[C@H]2C[C@@H]1N(C)c1ncnc2[nH]ccc12.Cl.Clc1ncnc2[nH]ccc12. The summed E-state index contributed by atoms with van der Waals surface area (Å²) in [6.07, 6.45) is 17.0.